The normalized spacial score (nSPS) is 17.3. The minimum absolute atomic E-state index is 0.341. The highest BCUT2D eigenvalue weighted by atomic mass is 35.5. The van der Waals surface area contributed by atoms with Crippen LogP contribution < -0.4 is 0 Å². The Kier molecular flexibility index (Phi) is 3.50. The van der Waals surface area contributed by atoms with Crippen molar-refractivity contribution >= 4 is 23.4 Å². The molecule has 78 valence electrons. The third-order valence-corrected chi connectivity index (χ3v) is 3.97. The first kappa shape index (κ1) is 10.8. The van der Waals surface area contributed by atoms with Crippen molar-refractivity contribution in [3.63, 3.8) is 0 Å². The average Bonchev–Trinajstić information content (AvgIpc) is 2.30. The van der Waals surface area contributed by atoms with Gasteiger partial charge in [-0.3, -0.25) is 0 Å². The summed E-state index contributed by atoms with van der Waals surface area (Å²) in [5, 5.41) is 9.08. The summed E-state index contributed by atoms with van der Waals surface area (Å²) < 4.78 is 0. The minimum atomic E-state index is 0.341. The van der Waals surface area contributed by atoms with Crippen LogP contribution in [0.5, 0.6) is 0 Å². The van der Waals surface area contributed by atoms with Crippen LogP contribution in [0.3, 0.4) is 0 Å². The smallest absolute Gasteiger partial charge is 0.147 e. The number of nitriles is 1. The first-order valence-corrected chi connectivity index (χ1v) is 6.49. The van der Waals surface area contributed by atoms with Gasteiger partial charge in [-0.15, -0.1) is 0 Å². The molecule has 0 aromatic carbocycles. The Labute approximate surface area is 98.7 Å². The zero-order valence-corrected chi connectivity index (χ0v) is 9.81. The molecule has 0 amide bonds. The molecule has 1 aromatic rings. The second-order valence-corrected chi connectivity index (χ2v) is 5.16. The molecule has 1 aliphatic heterocycles. The standard InChI is InChI=1S/C11H11ClN2S/c12-11-9(7-13)1-2-10(14-11)8-3-5-15-6-4-8/h1-2,8H,3-6H2. The van der Waals surface area contributed by atoms with Gasteiger partial charge in [0.05, 0.1) is 5.56 Å². The first-order chi connectivity index (χ1) is 7.31. The molecule has 0 unspecified atom stereocenters. The van der Waals surface area contributed by atoms with E-state index in [-0.39, 0.29) is 0 Å². The molecular weight excluding hydrogens is 228 g/mol. The number of hydrogen-bond donors (Lipinski definition) is 0. The summed E-state index contributed by atoms with van der Waals surface area (Å²) in [4.78, 5) is 4.30. The van der Waals surface area contributed by atoms with Crippen molar-refractivity contribution in [2.75, 3.05) is 11.5 Å². The maximum absolute atomic E-state index is 8.74. The number of rotatable bonds is 1. The second-order valence-electron chi connectivity index (χ2n) is 3.57. The highest BCUT2D eigenvalue weighted by Gasteiger charge is 2.17. The van der Waals surface area contributed by atoms with Crippen LogP contribution in [-0.4, -0.2) is 16.5 Å². The highest BCUT2D eigenvalue weighted by molar-refractivity contribution is 7.99. The molecule has 1 saturated heterocycles. The van der Waals surface area contributed by atoms with Gasteiger partial charge in [-0.25, -0.2) is 4.98 Å². The fourth-order valence-corrected chi connectivity index (χ4v) is 3.06. The lowest BCUT2D eigenvalue weighted by molar-refractivity contribution is 0.619. The Hall–Kier alpha value is -0.720. The molecule has 0 saturated carbocycles. The fourth-order valence-electron chi connectivity index (χ4n) is 1.75. The van der Waals surface area contributed by atoms with Gasteiger partial charge in [0.15, 0.2) is 0 Å². The average molecular weight is 239 g/mol. The maximum Gasteiger partial charge on any atom is 0.147 e. The van der Waals surface area contributed by atoms with E-state index < -0.39 is 0 Å². The number of pyridine rings is 1. The number of hydrogen-bond acceptors (Lipinski definition) is 3. The maximum atomic E-state index is 8.74. The lowest BCUT2D eigenvalue weighted by Gasteiger charge is -2.20. The van der Waals surface area contributed by atoms with Crippen molar-refractivity contribution in [1.29, 1.82) is 5.26 Å². The molecule has 2 heterocycles. The van der Waals surface area contributed by atoms with Gasteiger partial charge in [0.1, 0.15) is 11.2 Å². The summed E-state index contributed by atoms with van der Waals surface area (Å²) in [5.41, 5.74) is 1.50. The topological polar surface area (TPSA) is 36.7 Å². The third kappa shape index (κ3) is 2.45. The lowest BCUT2D eigenvalue weighted by atomic mass is 9.98. The summed E-state index contributed by atoms with van der Waals surface area (Å²) in [5.74, 6) is 2.92. The zero-order chi connectivity index (χ0) is 10.7. The van der Waals surface area contributed by atoms with Crippen molar-refractivity contribution in [3.05, 3.63) is 28.5 Å². The van der Waals surface area contributed by atoms with Crippen LogP contribution >= 0.6 is 23.4 Å². The molecule has 0 atom stereocenters. The van der Waals surface area contributed by atoms with Crippen molar-refractivity contribution in [3.8, 4) is 6.07 Å². The van der Waals surface area contributed by atoms with E-state index >= 15 is 0 Å². The van der Waals surface area contributed by atoms with E-state index in [1.807, 2.05) is 23.9 Å². The molecule has 1 fully saturated rings. The highest BCUT2D eigenvalue weighted by Crippen LogP contribution is 2.31. The Morgan fingerprint density at radius 3 is 2.73 bits per heavy atom. The van der Waals surface area contributed by atoms with Crippen LogP contribution in [0.4, 0.5) is 0 Å². The summed E-state index contributed by atoms with van der Waals surface area (Å²) >= 11 is 7.90. The lowest BCUT2D eigenvalue weighted by Crippen LogP contribution is -2.09. The third-order valence-electron chi connectivity index (χ3n) is 2.63. The van der Waals surface area contributed by atoms with Gasteiger partial charge in [-0.1, -0.05) is 11.6 Å². The number of halogens is 1. The van der Waals surface area contributed by atoms with Crippen molar-refractivity contribution in [2.45, 2.75) is 18.8 Å². The van der Waals surface area contributed by atoms with E-state index in [1.165, 1.54) is 24.3 Å². The summed E-state index contributed by atoms with van der Waals surface area (Å²) in [7, 11) is 0. The zero-order valence-electron chi connectivity index (χ0n) is 8.24. The SMILES string of the molecule is N#Cc1ccc(C2CCSCC2)nc1Cl. The molecule has 15 heavy (non-hydrogen) atoms. The molecule has 0 radical (unpaired) electrons. The number of thioether (sulfide) groups is 1. The Bertz CT molecular complexity index is 394. The molecule has 0 bridgehead atoms. The van der Waals surface area contributed by atoms with E-state index in [0.29, 0.717) is 16.6 Å². The number of aromatic nitrogens is 1. The molecule has 1 aliphatic rings. The quantitative estimate of drug-likeness (QED) is 0.705. The van der Waals surface area contributed by atoms with Crippen molar-refractivity contribution < 1.29 is 0 Å². The monoisotopic (exact) mass is 238 g/mol. The van der Waals surface area contributed by atoms with E-state index in [9.17, 15) is 0 Å². The fraction of sp³-hybridized carbons (Fsp3) is 0.455. The predicted molar refractivity (Wildman–Crippen MR) is 63.3 cm³/mol. The van der Waals surface area contributed by atoms with Crippen LogP contribution in [0.15, 0.2) is 12.1 Å². The predicted octanol–water partition coefficient (Wildman–Crippen LogP) is 3.22. The van der Waals surface area contributed by atoms with Crippen LogP contribution in [0, 0.1) is 11.3 Å². The first-order valence-electron chi connectivity index (χ1n) is 4.95. The Morgan fingerprint density at radius 2 is 2.13 bits per heavy atom. The van der Waals surface area contributed by atoms with Crippen LogP contribution in [0.25, 0.3) is 0 Å². The van der Waals surface area contributed by atoms with Gasteiger partial charge >= 0.3 is 0 Å². The summed E-state index contributed by atoms with van der Waals surface area (Å²) in [6.45, 7) is 0. The molecular formula is C11H11ClN2S. The van der Waals surface area contributed by atoms with E-state index in [0.717, 1.165) is 5.69 Å². The Balaban J connectivity index is 2.22. The molecule has 0 aliphatic carbocycles. The largest absolute Gasteiger partial charge is 0.239 e. The Morgan fingerprint density at radius 1 is 1.40 bits per heavy atom. The van der Waals surface area contributed by atoms with Gasteiger partial charge in [0.2, 0.25) is 0 Å². The van der Waals surface area contributed by atoms with Gasteiger partial charge in [0, 0.05) is 11.6 Å². The molecule has 2 nitrogen and oxygen atoms in total. The number of nitrogens with zero attached hydrogens (tertiary/aromatic N) is 2. The van der Waals surface area contributed by atoms with E-state index in [4.69, 9.17) is 16.9 Å². The van der Waals surface area contributed by atoms with Gasteiger partial charge in [0.25, 0.3) is 0 Å². The van der Waals surface area contributed by atoms with Crippen LogP contribution in [0.1, 0.15) is 30.0 Å². The van der Waals surface area contributed by atoms with Crippen molar-refractivity contribution in [1.82, 2.24) is 4.98 Å². The molecule has 0 spiro atoms. The van der Waals surface area contributed by atoms with Gasteiger partial charge in [-0.05, 0) is 36.5 Å². The van der Waals surface area contributed by atoms with E-state index in [2.05, 4.69) is 4.98 Å². The van der Waals surface area contributed by atoms with Crippen LogP contribution in [-0.2, 0) is 0 Å². The molecule has 2 rings (SSSR count). The van der Waals surface area contributed by atoms with Crippen LogP contribution in [0.2, 0.25) is 5.15 Å². The molecule has 4 heteroatoms. The van der Waals surface area contributed by atoms with Gasteiger partial charge < -0.3 is 0 Å². The summed E-state index contributed by atoms with van der Waals surface area (Å²) in [6, 6.07) is 5.73. The minimum Gasteiger partial charge on any atom is -0.239 e. The van der Waals surface area contributed by atoms with Gasteiger partial charge in [-0.2, -0.15) is 17.0 Å². The summed E-state index contributed by atoms with van der Waals surface area (Å²) in [6.07, 6.45) is 2.33. The van der Waals surface area contributed by atoms with E-state index in [1.54, 1.807) is 6.07 Å². The van der Waals surface area contributed by atoms with Crippen molar-refractivity contribution in [2.24, 2.45) is 0 Å². The molecule has 0 N–H and O–H groups in total. The second kappa shape index (κ2) is 4.87. The molecule has 1 aromatic heterocycles.